The number of hydrogen-bond acceptors (Lipinski definition) is 7. The van der Waals surface area contributed by atoms with Crippen molar-refractivity contribution in [3.8, 4) is 0 Å². The molecule has 0 radical (unpaired) electrons. The largest absolute Gasteiger partial charge is 0.463 e. The molecule has 0 aliphatic rings. The van der Waals surface area contributed by atoms with E-state index in [1.54, 1.807) is 0 Å². The number of fused-ring (bicyclic) bond motifs is 1. The molecule has 2 rings (SSSR count). The summed E-state index contributed by atoms with van der Waals surface area (Å²) in [7, 11) is 0. The molecule has 0 fully saturated rings. The molecule has 0 saturated heterocycles. The first-order chi connectivity index (χ1) is 16.9. The Hall–Kier alpha value is -1.48. The second kappa shape index (κ2) is 17.1. The normalized spacial score (nSPS) is 12.4. The third-order valence-electron chi connectivity index (χ3n) is 6.13. The number of carbonyl (C=O) groups excluding carboxylic acids is 1. The van der Waals surface area contributed by atoms with E-state index >= 15 is 0 Å². The van der Waals surface area contributed by atoms with Gasteiger partial charge in [-0.15, -0.1) is 0 Å². The fourth-order valence-corrected chi connectivity index (χ4v) is 4.62. The van der Waals surface area contributed by atoms with Gasteiger partial charge in [0.1, 0.15) is 24.1 Å². The number of aromatic nitrogens is 4. The summed E-state index contributed by atoms with van der Waals surface area (Å²) in [4.78, 5) is 24.1. The van der Waals surface area contributed by atoms with Crippen LogP contribution < -0.4 is 0 Å². The fourth-order valence-electron chi connectivity index (χ4n) is 4.15. The number of halogens is 2. The Morgan fingerprint density at radius 2 is 1.43 bits per heavy atom. The van der Waals surface area contributed by atoms with Crippen molar-refractivity contribution in [2.75, 3.05) is 13.2 Å². The Balaban J connectivity index is 1.39. The van der Waals surface area contributed by atoms with E-state index < -0.39 is 6.10 Å². The summed E-state index contributed by atoms with van der Waals surface area (Å²) in [5.41, 5.74) is 1.33. The monoisotopic (exact) mass is 530 g/mol. The van der Waals surface area contributed by atoms with E-state index in [4.69, 9.17) is 38.2 Å². The van der Waals surface area contributed by atoms with Crippen LogP contribution in [0.1, 0.15) is 95.7 Å². The van der Waals surface area contributed by atoms with Crippen LogP contribution in [0.5, 0.6) is 0 Å². The Morgan fingerprint density at radius 3 is 2.00 bits per heavy atom. The summed E-state index contributed by atoms with van der Waals surface area (Å²) >= 11 is 12.1. The number of aliphatic hydroxyl groups is 2. The van der Waals surface area contributed by atoms with Crippen molar-refractivity contribution >= 4 is 40.3 Å². The van der Waals surface area contributed by atoms with Gasteiger partial charge in [0.05, 0.1) is 6.61 Å². The number of imidazole rings is 1. The average molecular weight is 532 g/mol. The highest BCUT2D eigenvalue weighted by Crippen LogP contribution is 2.24. The number of carbonyl (C=O) groups is 1. The maximum Gasteiger partial charge on any atom is 0.305 e. The standard InChI is InChI=1S/C25H40Cl2N4O4/c1-19-28-24-22(23(26)29-25(27)30-24)31(19)16-14-12-10-8-6-4-2-3-5-7-9-11-13-15-21(34)35-18-20(33)17-32/h20,32-33H,2-18H2,1H3/t20-/m0/s1. The number of aryl methyl sites for hydroxylation is 2. The first-order valence-electron chi connectivity index (χ1n) is 12.9. The van der Waals surface area contributed by atoms with Crippen LogP contribution in [0.25, 0.3) is 11.2 Å². The van der Waals surface area contributed by atoms with Crippen molar-refractivity contribution in [2.45, 2.75) is 109 Å². The molecule has 198 valence electrons. The van der Waals surface area contributed by atoms with Crippen molar-refractivity contribution in [1.82, 2.24) is 19.5 Å². The summed E-state index contributed by atoms with van der Waals surface area (Å²) in [6.07, 6.45) is 14.8. The first-order valence-corrected chi connectivity index (χ1v) is 13.7. The summed E-state index contributed by atoms with van der Waals surface area (Å²) < 4.78 is 6.97. The zero-order valence-corrected chi connectivity index (χ0v) is 22.4. The van der Waals surface area contributed by atoms with Gasteiger partial charge in [-0.25, -0.2) is 9.97 Å². The first kappa shape index (κ1) is 29.7. The van der Waals surface area contributed by atoms with Crippen LogP contribution in [-0.4, -0.2) is 55.0 Å². The molecule has 1 atom stereocenters. The van der Waals surface area contributed by atoms with Crippen LogP contribution in [0.2, 0.25) is 10.4 Å². The highest BCUT2D eigenvalue weighted by Gasteiger charge is 2.14. The zero-order valence-electron chi connectivity index (χ0n) is 20.9. The van der Waals surface area contributed by atoms with Gasteiger partial charge in [-0.1, -0.05) is 82.2 Å². The molecule has 2 aromatic heterocycles. The zero-order chi connectivity index (χ0) is 25.5. The van der Waals surface area contributed by atoms with E-state index in [1.807, 2.05) is 6.92 Å². The quantitative estimate of drug-likeness (QED) is 0.102. The lowest BCUT2D eigenvalue weighted by Crippen LogP contribution is -2.21. The summed E-state index contributed by atoms with van der Waals surface area (Å²) in [6.45, 7) is 2.30. The molecule has 0 aliphatic carbocycles. The SMILES string of the molecule is Cc1nc2nc(Cl)nc(Cl)c2n1CCCCCCCCCCCCCCCC(=O)OC[C@@H](O)CO. The maximum absolute atomic E-state index is 11.5. The predicted octanol–water partition coefficient (Wildman–Crippen LogP) is 5.80. The third kappa shape index (κ3) is 11.4. The highest BCUT2D eigenvalue weighted by atomic mass is 35.5. The van der Waals surface area contributed by atoms with Crippen LogP contribution >= 0.6 is 23.2 Å². The number of hydrogen-bond donors (Lipinski definition) is 2. The van der Waals surface area contributed by atoms with Crippen molar-refractivity contribution in [2.24, 2.45) is 0 Å². The molecule has 0 saturated carbocycles. The molecule has 0 amide bonds. The molecule has 0 bridgehead atoms. The maximum atomic E-state index is 11.5. The Kier molecular flexibility index (Phi) is 14.5. The number of aliphatic hydroxyl groups excluding tert-OH is 2. The van der Waals surface area contributed by atoms with E-state index in [0.29, 0.717) is 17.2 Å². The molecule has 10 heteroatoms. The number of unbranched alkanes of at least 4 members (excludes halogenated alkanes) is 12. The van der Waals surface area contributed by atoms with Crippen molar-refractivity contribution in [1.29, 1.82) is 0 Å². The second-order valence-corrected chi connectivity index (χ2v) is 9.83. The van der Waals surface area contributed by atoms with Gasteiger partial charge < -0.3 is 19.5 Å². The molecule has 0 unspecified atom stereocenters. The van der Waals surface area contributed by atoms with E-state index in [9.17, 15) is 4.79 Å². The summed E-state index contributed by atoms with van der Waals surface area (Å²) in [5.74, 6) is 0.586. The number of esters is 1. The molecule has 2 N–H and O–H groups in total. The van der Waals surface area contributed by atoms with Gasteiger partial charge >= 0.3 is 5.97 Å². The molecule has 2 heterocycles. The molecule has 0 spiro atoms. The minimum atomic E-state index is -0.978. The van der Waals surface area contributed by atoms with Gasteiger partial charge in [0, 0.05) is 13.0 Å². The lowest BCUT2D eigenvalue weighted by molar-refractivity contribution is -0.147. The van der Waals surface area contributed by atoms with Crippen LogP contribution in [0, 0.1) is 6.92 Å². The van der Waals surface area contributed by atoms with Gasteiger partial charge in [-0.3, -0.25) is 4.79 Å². The summed E-state index contributed by atoms with van der Waals surface area (Å²) in [6, 6.07) is 0. The minimum Gasteiger partial charge on any atom is -0.463 e. The molecule has 8 nitrogen and oxygen atoms in total. The van der Waals surface area contributed by atoms with E-state index in [0.717, 1.165) is 43.6 Å². The Morgan fingerprint density at radius 1 is 0.886 bits per heavy atom. The molecular weight excluding hydrogens is 491 g/mol. The average Bonchev–Trinajstić information content (AvgIpc) is 3.14. The van der Waals surface area contributed by atoms with Crippen LogP contribution in [0.3, 0.4) is 0 Å². The van der Waals surface area contributed by atoms with E-state index in [-0.39, 0.29) is 24.5 Å². The molecule has 0 aliphatic heterocycles. The third-order valence-corrected chi connectivity index (χ3v) is 6.57. The van der Waals surface area contributed by atoms with Gasteiger partial charge in [-0.05, 0) is 31.4 Å². The van der Waals surface area contributed by atoms with E-state index in [1.165, 1.54) is 57.8 Å². The fraction of sp³-hybridized carbons (Fsp3) is 0.760. The minimum absolute atomic E-state index is 0.125. The lowest BCUT2D eigenvalue weighted by atomic mass is 10.0. The molecule has 0 aromatic carbocycles. The van der Waals surface area contributed by atoms with Crippen LogP contribution in [-0.2, 0) is 16.1 Å². The molecule has 2 aromatic rings. The topological polar surface area (TPSA) is 110 Å². The van der Waals surface area contributed by atoms with Crippen molar-refractivity contribution < 1.29 is 19.7 Å². The lowest BCUT2D eigenvalue weighted by Gasteiger charge is -2.08. The molecule has 35 heavy (non-hydrogen) atoms. The van der Waals surface area contributed by atoms with Crippen LogP contribution in [0.15, 0.2) is 0 Å². The Labute approximate surface area is 218 Å². The van der Waals surface area contributed by atoms with Gasteiger partial charge in [0.2, 0.25) is 5.28 Å². The summed E-state index contributed by atoms with van der Waals surface area (Å²) in [5, 5.41) is 18.3. The molecular formula is C25H40Cl2N4O4. The number of ether oxygens (including phenoxy) is 1. The van der Waals surface area contributed by atoms with E-state index in [2.05, 4.69) is 19.5 Å². The van der Waals surface area contributed by atoms with Crippen LogP contribution in [0.4, 0.5) is 0 Å². The van der Waals surface area contributed by atoms with Gasteiger partial charge in [0.25, 0.3) is 0 Å². The smallest absolute Gasteiger partial charge is 0.305 e. The Bertz CT molecular complexity index is 894. The predicted molar refractivity (Wildman–Crippen MR) is 139 cm³/mol. The van der Waals surface area contributed by atoms with Gasteiger partial charge in [0.15, 0.2) is 10.8 Å². The number of rotatable bonds is 19. The van der Waals surface area contributed by atoms with Crippen molar-refractivity contribution in [3.63, 3.8) is 0 Å². The highest BCUT2D eigenvalue weighted by molar-refractivity contribution is 6.35. The second-order valence-electron chi connectivity index (χ2n) is 9.13. The number of nitrogens with zero attached hydrogens (tertiary/aromatic N) is 4. The van der Waals surface area contributed by atoms with Crippen molar-refractivity contribution in [3.05, 3.63) is 16.3 Å². The van der Waals surface area contributed by atoms with Gasteiger partial charge in [-0.2, -0.15) is 4.98 Å².